The molecule has 2 saturated heterocycles. The molecule has 28 heavy (non-hydrogen) atoms. The van der Waals surface area contributed by atoms with Crippen LogP contribution in [0.2, 0.25) is 0 Å². The van der Waals surface area contributed by atoms with Gasteiger partial charge in [-0.15, -0.1) is 0 Å². The van der Waals surface area contributed by atoms with Crippen LogP contribution in [-0.2, 0) is 22.6 Å². The molecule has 2 N–H and O–H groups in total. The summed E-state index contributed by atoms with van der Waals surface area (Å²) in [6, 6.07) is 6.61. The van der Waals surface area contributed by atoms with Crippen LogP contribution in [-0.4, -0.2) is 56.2 Å². The summed E-state index contributed by atoms with van der Waals surface area (Å²) >= 11 is 0. The predicted octanol–water partition coefficient (Wildman–Crippen LogP) is -0.962. The molecular formula is C22H31N3O3+2. The number of amides is 2. The smallest absolute Gasteiger partial charge is 0.237 e. The third-order valence-corrected chi connectivity index (χ3v) is 7.19. The topological polar surface area (TPSA) is 55.5 Å². The van der Waals surface area contributed by atoms with E-state index in [-0.39, 0.29) is 23.7 Å². The van der Waals surface area contributed by atoms with Crippen molar-refractivity contribution in [2.24, 2.45) is 11.8 Å². The highest BCUT2D eigenvalue weighted by molar-refractivity contribution is 6.05. The van der Waals surface area contributed by atoms with Crippen molar-refractivity contribution in [1.82, 2.24) is 4.90 Å². The molecule has 150 valence electrons. The van der Waals surface area contributed by atoms with Gasteiger partial charge in [0, 0.05) is 12.0 Å². The number of carbonyl (C=O) groups is 2. The van der Waals surface area contributed by atoms with Gasteiger partial charge in [-0.1, -0.05) is 12.8 Å². The maximum Gasteiger partial charge on any atom is 0.237 e. The third-order valence-electron chi connectivity index (χ3n) is 7.19. The molecule has 3 aliphatic heterocycles. The summed E-state index contributed by atoms with van der Waals surface area (Å²) in [5.74, 6) is 1.23. The Labute approximate surface area is 166 Å². The quantitative estimate of drug-likeness (QED) is 0.657. The highest BCUT2D eigenvalue weighted by atomic mass is 16.5. The molecule has 0 radical (unpaired) electrons. The van der Waals surface area contributed by atoms with Gasteiger partial charge in [-0.3, -0.25) is 9.59 Å². The Bertz CT molecular complexity index is 748. The lowest BCUT2D eigenvalue weighted by Gasteiger charge is -2.31. The molecule has 6 nitrogen and oxygen atoms in total. The number of rotatable bonds is 4. The van der Waals surface area contributed by atoms with E-state index in [2.05, 4.69) is 18.2 Å². The summed E-state index contributed by atoms with van der Waals surface area (Å²) in [5.41, 5.74) is 2.73. The van der Waals surface area contributed by atoms with Crippen LogP contribution in [0.25, 0.3) is 0 Å². The average Bonchev–Trinajstić information content (AvgIpc) is 3.28. The Morgan fingerprint density at radius 2 is 1.64 bits per heavy atom. The monoisotopic (exact) mass is 385 g/mol. The summed E-state index contributed by atoms with van der Waals surface area (Å²) in [7, 11) is 0. The second-order valence-corrected chi connectivity index (χ2v) is 8.98. The fraction of sp³-hybridized carbons (Fsp3) is 0.636. The first-order valence-corrected chi connectivity index (χ1v) is 11.0. The predicted molar refractivity (Wildman–Crippen MR) is 103 cm³/mol. The Morgan fingerprint density at radius 1 is 0.964 bits per heavy atom. The Hall–Kier alpha value is -1.92. The molecule has 5 rings (SSSR count). The first kappa shape index (κ1) is 18.1. The van der Waals surface area contributed by atoms with Gasteiger partial charge in [-0.2, -0.15) is 0 Å². The van der Waals surface area contributed by atoms with E-state index in [1.165, 1.54) is 16.0 Å². The molecule has 0 spiro atoms. The maximum absolute atomic E-state index is 12.7. The number of quaternary nitrogens is 2. The lowest BCUT2D eigenvalue weighted by Crippen LogP contribution is -3.28. The van der Waals surface area contributed by atoms with Crippen LogP contribution < -0.4 is 14.5 Å². The van der Waals surface area contributed by atoms with Gasteiger partial charge < -0.3 is 14.5 Å². The molecule has 3 heterocycles. The number of piperazine rings is 1. The number of hydrogen-bond donors (Lipinski definition) is 2. The van der Waals surface area contributed by atoms with Crippen molar-refractivity contribution in [3.05, 3.63) is 29.3 Å². The SMILES string of the molecule is O=C1[C@H]2CCCC[C@@H]2C(=O)N1C[NH+]1CC[NH+](Cc2ccc3c(c2)CCO3)CC1. The Kier molecular flexibility index (Phi) is 4.85. The zero-order valence-corrected chi connectivity index (χ0v) is 16.5. The standard InChI is InChI=1S/C22H29N3O3/c26-21-18-3-1-2-4-19(18)22(27)25(21)15-24-10-8-23(9-11-24)14-16-5-6-20-17(13-16)7-12-28-20/h5-6,13,18-19H,1-4,7-12,14-15H2/p+2/t18-,19-/m0/s1. The van der Waals surface area contributed by atoms with E-state index in [4.69, 9.17) is 4.74 Å². The second kappa shape index (κ2) is 7.48. The van der Waals surface area contributed by atoms with Gasteiger partial charge in [-0.25, -0.2) is 4.90 Å². The van der Waals surface area contributed by atoms with Gasteiger partial charge in [0.05, 0.1) is 18.4 Å². The van der Waals surface area contributed by atoms with Crippen LogP contribution in [0.3, 0.4) is 0 Å². The molecule has 6 heteroatoms. The fourth-order valence-corrected chi connectivity index (χ4v) is 5.54. The van der Waals surface area contributed by atoms with Gasteiger partial charge >= 0.3 is 0 Å². The van der Waals surface area contributed by atoms with E-state index in [0.717, 1.165) is 77.2 Å². The number of ether oxygens (including phenoxy) is 1. The molecule has 0 unspecified atom stereocenters. The molecule has 1 saturated carbocycles. The van der Waals surface area contributed by atoms with Gasteiger partial charge in [0.15, 0.2) is 6.67 Å². The van der Waals surface area contributed by atoms with Gasteiger partial charge in [0.25, 0.3) is 0 Å². The minimum absolute atomic E-state index is 0.0173. The molecule has 1 aromatic rings. The third kappa shape index (κ3) is 3.33. The highest BCUT2D eigenvalue weighted by Crippen LogP contribution is 2.37. The summed E-state index contributed by atoms with van der Waals surface area (Å²) in [6.45, 7) is 6.66. The summed E-state index contributed by atoms with van der Waals surface area (Å²) in [4.78, 5) is 30.0. The first-order chi connectivity index (χ1) is 13.7. The van der Waals surface area contributed by atoms with Gasteiger partial charge in [0.1, 0.15) is 38.5 Å². The van der Waals surface area contributed by atoms with Gasteiger partial charge in [0.2, 0.25) is 11.8 Å². The summed E-state index contributed by atoms with van der Waals surface area (Å²) in [6.07, 6.45) is 5.03. The maximum atomic E-state index is 12.7. The number of nitrogens with zero attached hydrogens (tertiary/aromatic N) is 1. The molecule has 2 amide bonds. The Balaban J connectivity index is 1.14. The van der Waals surface area contributed by atoms with E-state index in [1.807, 2.05) is 0 Å². The molecule has 1 aromatic carbocycles. The number of likely N-dealkylation sites (tertiary alicyclic amines) is 1. The second-order valence-electron chi connectivity index (χ2n) is 8.98. The average molecular weight is 386 g/mol. The Morgan fingerprint density at radius 3 is 2.36 bits per heavy atom. The van der Waals surface area contributed by atoms with Crippen molar-refractivity contribution in [3.8, 4) is 5.75 Å². The van der Waals surface area contributed by atoms with Crippen molar-refractivity contribution in [1.29, 1.82) is 0 Å². The highest BCUT2D eigenvalue weighted by Gasteiger charge is 2.49. The molecule has 2 atom stereocenters. The first-order valence-electron chi connectivity index (χ1n) is 11.0. The molecule has 4 aliphatic rings. The number of carbonyl (C=O) groups excluding carboxylic acids is 2. The molecule has 0 bridgehead atoms. The van der Waals surface area contributed by atoms with Crippen LogP contribution in [0.15, 0.2) is 18.2 Å². The van der Waals surface area contributed by atoms with Gasteiger partial charge in [-0.05, 0) is 36.6 Å². The lowest BCUT2D eigenvalue weighted by atomic mass is 9.81. The number of benzene rings is 1. The molecule has 0 aromatic heterocycles. The van der Waals surface area contributed by atoms with Crippen LogP contribution in [0.1, 0.15) is 36.8 Å². The van der Waals surface area contributed by atoms with E-state index < -0.39 is 0 Å². The van der Waals surface area contributed by atoms with E-state index in [0.29, 0.717) is 6.67 Å². The number of imide groups is 1. The number of hydrogen-bond acceptors (Lipinski definition) is 3. The van der Waals surface area contributed by atoms with Crippen LogP contribution in [0.4, 0.5) is 0 Å². The van der Waals surface area contributed by atoms with Crippen LogP contribution in [0, 0.1) is 11.8 Å². The summed E-state index contributed by atoms with van der Waals surface area (Å²) in [5, 5.41) is 0. The minimum Gasteiger partial charge on any atom is -0.493 e. The molecule has 1 aliphatic carbocycles. The zero-order valence-electron chi connectivity index (χ0n) is 16.5. The van der Waals surface area contributed by atoms with Crippen LogP contribution in [0.5, 0.6) is 5.75 Å². The van der Waals surface area contributed by atoms with E-state index in [9.17, 15) is 9.59 Å². The largest absolute Gasteiger partial charge is 0.493 e. The number of nitrogens with one attached hydrogen (secondary N) is 2. The fourth-order valence-electron chi connectivity index (χ4n) is 5.54. The molecular weight excluding hydrogens is 354 g/mol. The minimum atomic E-state index is -0.0173. The normalized spacial score (nSPS) is 32.2. The zero-order chi connectivity index (χ0) is 19.1. The van der Waals surface area contributed by atoms with Crippen molar-refractivity contribution >= 4 is 11.8 Å². The van der Waals surface area contributed by atoms with Crippen molar-refractivity contribution < 1.29 is 24.1 Å². The van der Waals surface area contributed by atoms with E-state index in [1.54, 1.807) is 9.80 Å². The van der Waals surface area contributed by atoms with E-state index >= 15 is 0 Å². The lowest BCUT2D eigenvalue weighted by molar-refractivity contribution is -1.02. The molecule has 3 fully saturated rings. The van der Waals surface area contributed by atoms with Crippen LogP contribution >= 0.6 is 0 Å². The van der Waals surface area contributed by atoms with Crippen molar-refractivity contribution in [3.63, 3.8) is 0 Å². The summed E-state index contributed by atoms with van der Waals surface area (Å²) < 4.78 is 5.60. The number of fused-ring (bicyclic) bond motifs is 2. The van der Waals surface area contributed by atoms with Crippen molar-refractivity contribution in [2.45, 2.75) is 38.6 Å². The van der Waals surface area contributed by atoms with Crippen molar-refractivity contribution in [2.75, 3.05) is 39.5 Å².